The highest BCUT2D eigenvalue weighted by Crippen LogP contribution is 2.28. The maximum absolute atomic E-state index is 6.11. The Labute approximate surface area is 104 Å². The predicted octanol–water partition coefficient (Wildman–Crippen LogP) is 3.35. The van der Waals surface area contributed by atoms with Crippen LogP contribution in [0.25, 0.3) is 0 Å². The fourth-order valence-electron chi connectivity index (χ4n) is 1.95. The maximum Gasteiger partial charge on any atom is 0.0822 e. The molecule has 0 N–H and O–H groups in total. The van der Waals surface area contributed by atoms with E-state index in [1.54, 1.807) is 12.4 Å². The fraction of sp³-hybridized carbons (Fsp3) is 0.545. The summed E-state index contributed by atoms with van der Waals surface area (Å²) in [5, 5.41) is 1.88. The van der Waals surface area contributed by atoms with Gasteiger partial charge in [-0.05, 0) is 24.8 Å². The van der Waals surface area contributed by atoms with Crippen molar-refractivity contribution in [3.8, 4) is 0 Å². The van der Waals surface area contributed by atoms with E-state index in [9.17, 15) is 0 Å². The topological polar surface area (TPSA) is 16.1 Å². The van der Waals surface area contributed by atoms with Gasteiger partial charge in [-0.1, -0.05) is 27.5 Å². The van der Waals surface area contributed by atoms with E-state index in [2.05, 4.69) is 25.8 Å². The van der Waals surface area contributed by atoms with Crippen LogP contribution in [0.4, 0.5) is 5.69 Å². The van der Waals surface area contributed by atoms with E-state index in [-0.39, 0.29) is 0 Å². The minimum absolute atomic E-state index is 0.759. The zero-order chi connectivity index (χ0) is 10.7. The molecule has 1 aliphatic rings. The number of hydrogen-bond acceptors (Lipinski definition) is 2. The van der Waals surface area contributed by atoms with E-state index >= 15 is 0 Å². The Morgan fingerprint density at radius 3 is 2.80 bits per heavy atom. The van der Waals surface area contributed by atoms with Gasteiger partial charge in [0.25, 0.3) is 0 Å². The molecule has 0 radical (unpaired) electrons. The first-order valence-electron chi connectivity index (χ1n) is 5.21. The van der Waals surface area contributed by atoms with Gasteiger partial charge in [-0.2, -0.15) is 0 Å². The molecule has 0 atom stereocenters. The highest BCUT2D eigenvalue weighted by molar-refractivity contribution is 9.09. The summed E-state index contributed by atoms with van der Waals surface area (Å²) >= 11 is 9.66. The fourth-order valence-corrected chi connectivity index (χ4v) is 2.84. The Morgan fingerprint density at radius 2 is 2.20 bits per heavy atom. The maximum atomic E-state index is 6.11. The molecule has 1 aliphatic heterocycles. The Bertz CT molecular complexity index is 324. The summed E-state index contributed by atoms with van der Waals surface area (Å²) in [7, 11) is 0. The minimum Gasteiger partial charge on any atom is -0.370 e. The third-order valence-electron chi connectivity index (χ3n) is 2.92. The molecule has 0 aliphatic carbocycles. The van der Waals surface area contributed by atoms with Crippen LogP contribution in [0.1, 0.15) is 12.8 Å². The second kappa shape index (κ2) is 5.17. The lowest BCUT2D eigenvalue weighted by Crippen LogP contribution is -2.34. The highest BCUT2D eigenvalue weighted by atomic mass is 79.9. The quantitative estimate of drug-likeness (QED) is 0.776. The molecule has 2 heterocycles. The number of alkyl halides is 1. The molecule has 82 valence electrons. The summed E-state index contributed by atoms with van der Waals surface area (Å²) in [5.74, 6) is 0.821. The molecule has 0 unspecified atom stereocenters. The number of halogens is 2. The number of nitrogens with zero attached hydrogens (tertiary/aromatic N) is 2. The Morgan fingerprint density at radius 1 is 1.47 bits per heavy atom. The number of aromatic nitrogens is 1. The Hall–Kier alpha value is -0.280. The SMILES string of the molecule is Clc1cnccc1N1CCC(CBr)CC1. The summed E-state index contributed by atoms with van der Waals surface area (Å²) in [6.45, 7) is 2.19. The lowest BCUT2D eigenvalue weighted by molar-refractivity contribution is 0.447. The molecule has 0 spiro atoms. The second-order valence-corrected chi connectivity index (χ2v) is 4.97. The molecule has 1 aromatic heterocycles. The Balaban J connectivity index is 2.04. The van der Waals surface area contributed by atoms with Crippen LogP contribution in [-0.2, 0) is 0 Å². The molecule has 1 fully saturated rings. The van der Waals surface area contributed by atoms with E-state index < -0.39 is 0 Å². The van der Waals surface area contributed by atoms with Gasteiger partial charge in [0.05, 0.1) is 10.7 Å². The van der Waals surface area contributed by atoms with Gasteiger partial charge in [0.15, 0.2) is 0 Å². The average Bonchev–Trinajstić information content (AvgIpc) is 2.30. The van der Waals surface area contributed by atoms with Crippen LogP contribution in [0, 0.1) is 5.92 Å². The van der Waals surface area contributed by atoms with Crippen molar-refractivity contribution in [1.29, 1.82) is 0 Å². The molecule has 0 saturated carbocycles. The number of pyridine rings is 1. The van der Waals surface area contributed by atoms with Crippen molar-refractivity contribution in [2.24, 2.45) is 5.92 Å². The van der Waals surface area contributed by atoms with E-state index in [4.69, 9.17) is 11.6 Å². The number of anilines is 1. The first-order chi connectivity index (χ1) is 7.31. The van der Waals surface area contributed by atoms with Gasteiger partial charge in [0.1, 0.15) is 0 Å². The number of piperidine rings is 1. The standard InChI is InChI=1S/C11H14BrClN2/c12-7-9-2-5-15(6-3-9)11-1-4-14-8-10(11)13/h1,4,8-9H,2-3,5-7H2. The van der Waals surface area contributed by atoms with Crippen LogP contribution < -0.4 is 4.90 Å². The van der Waals surface area contributed by atoms with Gasteiger partial charge in [-0.15, -0.1) is 0 Å². The molecule has 15 heavy (non-hydrogen) atoms. The summed E-state index contributed by atoms with van der Waals surface area (Å²) in [5.41, 5.74) is 1.12. The van der Waals surface area contributed by atoms with Crippen molar-refractivity contribution in [2.75, 3.05) is 23.3 Å². The van der Waals surface area contributed by atoms with E-state index in [0.717, 1.165) is 35.0 Å². The first kappa shape index (κ1) is 11.2. The summed E-state index contributed by atoms with van der Waals surface area (Å²) in [6.07, 6.45) is 6.00. The predicted molar refractivity (Wildman–Crippen MR) is 68.0 cm³/mol. The van der Waals surface area contributed by atoms with Crippen molar-refractivity contribution in [3.05, 3.63) is 23.5 Å². The minimum atomic E-state index is 0.759. The molecule has 1 aromatic rings. The third kappa shape index (κ3) is 2.64. The summed E-state index contributed by atoms with van der Waals surface area (Å²) < 4.78 is 0. The van der Waals surface area contributed by atoms with Gasteiger partial charge in [0, 0.05) is 30.8 Å². The van der Waals surface area contributed by atoms with Gasteiger partial charge in [0.2, 0.25) is 0 Å². The van der Waals surface area contributed by atoms with Gasteiger partial charge in [-0.25, -0.2) is 0 Å². The van der Waals surface area contributed by atoms with Crippen LogP contribution >= 0.6 is 27.5 Å². The number of rotatable bonds is 2. The molecular weight excluding hydrogens is 275 g/mol. The van der Waals surface area contributed by atoms with Crippen LogP contribution in [0.2, 0.25) is 5.02 Å². The van der Waals surface area contributed by atoms with Crippen molar-refractivity contribution in [3.63, 3.8) is 0 Å². The van der Waals surface area contributed by atoms with Gasteiger partial charge < -0.3 is 4.90 Å². The lowest BCUT2D eigenvalue weighted by atomic mass is 9.99. The number of hydrogen-bond donors (Lipinski definition) is 0. The van der Waals surface area contributed by atoms with Crippen molar-refractivity contribution >= 4 is 33.2 Å². The summed E-state index contributed by atoms with van der Waals surface area (Å²) in [4.78, 5) is 6.36. The molecule has 0 amide bonds. The van der Waals surface area contributed by atoms with Crippen molar-refractivity contribution in [1.82, 2.24) is 4.98 Å². The van der Waals surface area contributed by atoms with E-state index in [1.807, 2.05) is 6.07 Å². The molecule has 0 aromatic carbocycles. The molecule has 2 rings (SSSR count). The van der Waals surface area contributed by atoms with E-state index in [0.29, 0.717) is 0 Å². The molecular formula is C11H14BrClN2. The smallest absolute Gasteiger partial charge is 0.0822 e. The average molecular weight is 290 g/mol. The molecule has 1 saturated heterocycles. The van der Waals surface area contributed by atoms with Crippen LogP contribution in [0.15, 0.2) is 18.5 Å². The molecule has 0 bridgehead atoms. The zero-order valence-electron chi connectivity index (χ0n) is 8.50. The zero-order valence-corrected chi connectivity index (χ0v) is 10.8. The van der Waals surface area contributed by atoms with Crippen molar-refractivity contribution in [2.45, 2.75) is 12.8 Å². The molecule has 4 heteroatoms. The first-order valence-corrected chi connectivity index (χ1v) is 6.71. The Kier molecular flexibility index (Phi) is 3.87. The largest absolute Gasteiger partial charge is 0.370 e. The summed E-state index contributed by atoms with van der Waals surface area (Å²) in [6, 6.07) is 2.00. The van der Waals surface area contributed by atoms with Crippen LogP contribution in [0.5, 0.6) is 0 Å². The monoisotopic (exact) mass is 288 g/mol. The van der Waals surface area contributed by atoms with Gasteiger partial charge >= 0.3 is 0 Å². The highest BCUT2D eigenvalue weighted by Gasteiger charge is 2.19. The van der Waals surface area contributed by atoms with Crippen LogP contribution in [-0.4, -0.2) is 23.4 Å². The lowest BCUT2D eigenvalue weighted by Gasteiger charge is -2.33. The van der Waals surface area contributed by atoms with Crippen molar-refractivity contribution < 1.29 is 0 Å². The molecule has 2 nitrogen and oxygen atoms in total. The van der Waals surface area contributed by atoms with Gasteiger partial charge in [-0.3, -0.25) is 4.98 Å². The van der Waals surface area contributed by atoms with E-state index in [1.165, 1.54) is 12.8 Å². The second-order valence-electron chi connectivity index (χ2n) is 3.91. The normalized spacial score (nSPS) is 18.1. The van der Waals surface area contributed by atoms with Crippen LogP contribution in [0.3, 0.4) is 0 Å². The third-order valence-corrected chi connectivity index (χ3v) is 4.13.